The molecule has 0 N–H and O–H groups in total. The Morgan fingerprint density at radius 1 is 1.40 bits per heavy atom. The van der Waals surface area contributed by atoms with E-state index in [1.165, 1.54) is 0 Å². The van der Waals surface area contributed by atoms with E-state index in [-0.39, 0.29) is 0 Å². The highest BCUT2D eigenvalue weighted by Crippen LogP contribution is 2.25. The lowest BCUT2D eigenvalue weighted by molar-refractivity contribution is 0.414. The standard InChI is InChI=1S/C12H14N2O/c1-13-11-6-5-10(7-8-14(2)3)12(9-11)15-4/h5-9H,2-4H3. The smallest absolute Gasteiger partial charge is 0.190 e. The largest absolute Gasteiger partial charge is 0.497 e. The van der Waals surface area contributed by atoms with Crippen molar-refractivity contribution in [1.29, 1.82) is 0 Å². The minimum absolute atomic E-state index is 0.592. The lowest BCUT2D eigenvalue weighted by atomic mass is 10.2. The van der Waals surface area contributed by atoms with Gasteiger partial charge < -0.3 is 9.64 Å². The molecule has 0 saturated heterocycles. The molecule has 0 saturated carbocycles. The lowest BCUT2D eigenvalue weighted by Crippen LogP contribution is -1.99. The van der Waals surface area contributed by atoms with Crippen LogP contribution in [0.2, 0.25) is 0 Å². The van der Waals surface area contributed by atoms with Gasteiger partial charge in [0.25, 0.3) is 0 Å². The number of benzene rings is 1. The van der Waals surface area contributed by atoms with Crippen molar-refractivity contribution in [2.24, 2.45) is 0 Å². The van der Waals surface area contributed by atoms with Crippen molar-refractivity contribution < 1.29 is 4.74 Å². The molecule has 15 heavy (non-hydrogen) atoms. The molecule has 1 aromatic carbocycles. The molecule has 0 aromatic heterocycles. The minimum Gasteiger partial charge on any atom is -0.497 e. The third kappa shape index (κ3) is 3.03. The summed E-state index contributed by atoms with van der Waals surface area (Å²) >= 11 is 0. The predicted molar refractivity (Wildman–Crippen MR) is 62.0 cm³/mol. The Hall–Kier alpha value is -1.95. The minimum atomic E-state index is 0.592. The van der Waals surface area contributed by atoms with Crippen molar-refractivity contribution in [3.8, 4) is 5.75 Å². The van der Waals surface area contributed by atoms with Gasteiger partial charge in [-0.15, -0.1) is 0 Å². The molecular weight excluding hydrogens is 188 g/mol. The first kappa shape index (κ1) is 11.1. The fraction of sp³-hybridized carbons (Fsp3) is 0.250. The molecular formula is C12H14N2O. The molecule has 0 fully saturated rings. The van der Waals surface area contributed by atoms with Crippen molar-refractivity contribution in [1.82, 2.24) is 4.90 Å². The molecule has 0 aliphatic rings. The second-order valence-corrected chi connectivity index (χ2v) is 3.32. The lowest BCUT2D eigenvalue weighted by Gasteiger charge is -2.07. The summed E-state index contributed by atoms with van der Waals surface area (Å²) in [7, 11) is 5.52. The van der Waals surface area contributed by atoms with Crippen molar-refractivity contribution in [2.45, 2.75) is 0 Å². The molecule has 1 rings (SSSR count). The zero-order valence-electron chi connectivity index (χ0n) is 9.19. The van der Waals surface area contributed by atoms with Gasteiger partial charge in [0.2, 0.25) is 0 Å². The van der Waals surface area contributed by atoms with Gasteiger partial charge in [0, 0.05) is 19.7 Å². The summed E-state index contributed by atoms with van der Waals surface area (Å²) in [4.78, 5) is 5.30. The maximum absolute atomic E-state index is 6.90. The first-order valence-electron chi connectivity index (χ1n) is 4.57. The van der Waals surface area contributed by atoms with Gasteiger partial charge in [0.1, 0.15) is 5.75 Å². The van der Waals surface area contributed by atoms with Crippen LogP contribution in [0.5, 0.6) is 5.75 Å². The van der Waals surface area contributed by atoms with Gasteiger partial charge in [-0.1, -0.05) is 12.1 Å². The van der Waals surface area contributed by atoms with Gasteiger partial charge in [0.15, 0.2) is 5.69 Å². The van der Waals surface area contributed by atoms with Crippen LogP contribution < -0.4 is 4.74 Å². The Kier molecular flexibility index (Phi) is 3.75. The van der Waals surface area contributed by atoms with E-state index in [4.69, 9.17) is 11.3 Å². The average Bonchev–Trinajstić information content (AvgIpc) is 2.25. The highest BCUT2D eigenvalue weighted by Gasteiger charge is 2.00. The Bertz CT molecular complexity index is 403. The Morgan fingerprint density at radius 3 is 2.67 bits per heavy atom. The van der Waals surface area contributed by atoms with E-state index in [0.29, 0.717) is 5.69 Å². The summed E-state index contributed by atoms with van der Waals surface area (Å²) < 4.78 is 5.21. The van der Waals surface area contributed by atoms with Gasteiger partial charge in [-0.25, -0.2) is 4.85 Å². The Balaban J connectivity index is 3.04. The number of rotatable bonds is 3. The fourth-order valence-corrected chi connectivity index (χ4v) is 1.14. The molecule has 1 aromatic rings. The summed E-state index contributed by atoms with van der Waals surface area (Å²) in [6, 6.07) is 5.40. The van der Waals surface area contributed by atoms with Crippen LogP contribution in [0.4, 0.5) is 5.69 Å². The molecule has 0 bridgehead atoms. The van der Waals surface area contributed by atoms with Crippen molar-refractivity contribution >= 4 is 11.8 Å². The van der Waals surface area contributed by atoms with Gasteiger partial charge in [-0.2, -0.15) is 0 Å². The molecule has 0 amide bonds. The number of methoxy groups -OCH3 is 1. The molecule has 0 aliphatic carbocycles. The molecule has 3 heteroatoms. The summed E-state index contributed by atoms with van der Waals surface area (Å²) in [5.74, 6) is 0.724. The van der Waals surface area contributed by atoms with Gasteiger partial charge in [-0.3, -0.25) is 0 Å². The zero-order valence-corrected chi connectivity index (χ0v) is 9.19. The van der Waals surface area contributed by atoms with Gasteiger partial charge in [-0.05, 0) is 18.3 Å². The van der Waals surface area contributed by atoms with E-state index in [9.17, 15) is 0 Å². The fourth-order valence-electron chi connectivity index (χ4n) is 1.14. The van der Waals surface area contributed by atoms with Crippen LogP contribution in [-0.2, 0) is 0 Å². The molecule has 0 aliphatic heterocycles. The number of hydrogen-bond acceptors (Lipinski definition) is 2. The first-order valence-corrected chi connectivity index (χ1v) is 4.57. The van der Waals surface area contributed by atoms with Gasteiger partial charge >= 0.3 is 0 Å². The van der Waals surface area contributed by atoms with Crippen molar-refractivity contribution in [2.75, 3.05) is 21.2 Å². The van der Waals surface area contributed by atoms with Crippen LogP contribution >= 0.6 is 0 Å². The normalized spacial score (nSPS) is 10.0. The molecule has 0 unspecified atom stereocenters. The predicted octanol–water partition coefficient (Wildman–Crippen LogP) is 2.78. The van der Waals surface area contributed by atoms with Gasteiger partial charge in [0.05, 0.1) is 13.7 Å². The summed E-state index contributed by atoms with van der Waals surface area (Å²) in [6.45, 7) is 6.90. The highest BCUT2D eigenvalue weighted by atomic mass is 16.5. The second-order valence-electron chi connectivity index (χ2n) is 3.32. The van der Waals surface area contributed by atoms with E-state index in [1.54, 1.807) is 19.2 Å². The number of hydrogen-bond donors (Lipinski definition) is 0. The summed E-state index contributed by atoms with van der Waals surface area (Å²) in [5.41, 5.74) is 1.56. The number of nitrogens with zero attached hydrogens (tertiary/aromatic N) is 2. The van der Waals surface area contributed by atoms with Crippen molar-refractivity contribution in [3.63, 3.8) is 0 Å². The van der Waals surface area contributed by atoms with Crippen LogP contribution in [0, 0.1) is 6.57 Å². The highest BCUT2D eigenvalue weighted by molar-refractivity contribution is 5.63. The summed E-state index contributed by atoms with van der Waals surface area (Å²) in [6.07, 6.45) is 3.89. The molecule has 0 heterocycles. The molecule has 3 nitrogen and oxygen atoms in total. The Morgan fingerprint density at radius 2 is 2.13 bits per heavy atom. The third-order valence-corrected chi connectivity index (χ3v) is 1.90. The molecule has 0 radical (unpaired) electrons. The topological polar surface area (TPSA) is 16.8 Å². The SMILES string of the molecule is [C-]#[N+]c1ccc(C=CN(C)C)c(OC)c1. The molecule has 0 spiro atoms. The third-order valence-electron chi connectivity index (χ3n) is 1.90. The zero-order chi connectivity index (χ0) is 11.3. The van der Waals surface area contributed by atoms with E-state index < -0.39 is 0 Å². The van der Waals surface area contributed by atoms with Crippen molar-refractivity contribution in [3.05, 3.63) is 41.4 Å². The van der Waals surface area contributed by atoms with Crippen LogP contribution in [0.25, 0.3) is 10.9 Å². The Labute approximate surface area is 90.4 Å². The first-order chi connectivity index (χ1) is 7.17. The van der Waals surface area contributed by atoms with Crippen LogP contribution in [0.1, 0.15) is 5.56 Å². The van der Waals surface area contributed by atoms with E-state index in [0.717, 1.165) is 11.3 Å². The second kappa shape index (κ2) is 5.06. The van der Waals surface area contributed by atoms with Crippen LogP contribution in [-0.4, -0.2) is 26.1 Å². The quantitative estimate of drug-likeness (QED) is 0.701. The maximum atomic E-state index is 6.90. The van der Waals surface area contributed by atoms with E-state index in [1.807, 2.05) is 37.3 Å². The average molecular weight is 202 g/mol. The maximum Gasteiger partial charge on any atom is 0.190 e. The summed E-state index contributed by atoms with van der Waals surface area (Å²) in [5, 5.41) is 0. The van der Waals surface area contributed by atoms with E-state index >= 15 is 0 Å². The molecule has 0 atom stereocenters. The van der Waals surface area contributed by atoms with E-state index in [2.05, 4.69) is 4.85 Å². The van der Waals surface area contributed by atoms with Crippen LogP contribution in [0.15, 0.2) is 24.4 Å². The number of ether oxygens (including phenoxy) is 1. The molecule has 78 valence electrons. The monoisotopic (exact) mass is 202 g/mol. The van der Waals surface area contributed by atoms with Crippen LogP contribution in [0.3, 0.4) is 0 Å².